The van der Waals surface area contributed by atoms with Crippen LogP contribution in [0.15, 0.2) is 17.0 Å². The van der Waals surface area contributed by atoms with E-state index in [1.165, 1.54) is 6.07 Å². The van der Waals surface area contributed by atoms with E-state index in [-0.39, 0.29) is 24.4 Å². The van der Waals surface area contributed by atoms with Crippen LogP contribution in [0.4, 0.5) is 0 Å². The topological polar surface area (TPSA) is 110 Å². The Balaban J connectivity index is 2.01. The standard InChI is InChI=1S/C13H15ClN2O5S/c14-9-5-8-1-4-21-11(8)10(6-9)22(19,20)16-3-2-13(18,7-16)12(15)17/h5-6,18H,1-4,7H2,(H2,15,17). The highest BCUT2D eigenvalue weighted by Crippen LogP contribution is 2.38. The summed E-state index contributed by atoms with van der Waals surface area (Å²) in [6.45, 7) is 0.0262. The fourth-order valence-electron chi connectivity index (χ4n) is 2.73. The molecule has 1 saturated heterocycles. The lowest BCUT2D eigenvalue weighted by Gasteiger charge is -2.21. The first kappa shape index (κ1) is 15.5. The number of rotatable bonds is 3. The zero-order valence-electron chi connectivity index (χ0n) is 11.6. The number of nitrogens with two attached hydrogens (primary N) is 1. The molecule has 1 unspecified atom stereocenters. The van der Waals surface area contributed by atoms with Gasteiger partial charge in [0.25, 0.3) is 5.91 Å². The van der Waals surface area contributed by atoms with Crippen LogP contribution in [0, 0.1) is 0 Å². The molecule has 0 saturated carbocycles. The Morgan fingerprint density at radius 3 is 2.82 bits per heavy atom. The van der Waals surface area contributed by atoms with E-state index in [2.05, 4.69) is 0 Å². The third-order valence-corrected chi connectivity index (χ3v) is 6.07. The second-order valence-electron chi connectivity index (χ2n) is 5.48. The molecule has 22 heavy (non-hydrogen) atoms. The Morgan fingerprint density at radius 2 is 2.18 bits per heavy atom. The fourth-order valence-corrected chi connectivity index (χ4v) is 4.73. The Labute approximate surface area is 132 Å². The average molecular weight is 347 g/mol. The Bertz CT molecular complexity index is 751. The molecule has 7 nitrogen and oxygen atoms in total. The first-order chi connectivity index (χ1) is 10.2. The number of carbonyl (C=O) groups is 1. The summed E-state index contributed by atoms with van der Waals surface area (Å²) in [5.74, 6) is -0.642. The summed E-state index contributed by atoms with van der Waals surface area (Å²) >= 11 is 5.99. The lowest BCUT2D eigenvalue weighted by molar-refractivity contribution is -0.134. The van der Waals surface area contributed by atoms with Crippen LogP contribution >= 0.6 is 11.6 Å². The summed E-state index contributed by atoms with van der Waals surface area (Å²) in [6, 6.07) is 3.00. The minimum absolute atomic E-state index is 0.00304. The molecule has 0 radical (unpaired) electrons. The number of fused-ring (bicyclic) bond motifs is 1. The quantitative estimate of drug-likeness (QED) is 0.793. The van der Waals surface area contributed by atoms with Crippen molar-refractivity contribution in [2.45, 2.75) is 23.3 Å². The van der Waals surface area contributed by atoms with Crippen molar-refractivity contribution in [3.8, 4) is 5.75 Å². The molecule has 2 heterocycles. The van der Waals surface area contributed by atoms with Gasteiger partial charge >= 0.3 is 0 Å². The first-order valence-corrected chi connectivity index (χ1v) is 8.53. The predicted octanol–water partition coefficient (Wildman–Crippen LogP) is -0.114. The van der Waals surface area contributed by atoms with Crippen LogP contribution in [-0.2, 0) is 21.2 Å². The number of benzene rings is 1. The van der Waals surface area contributed by atoms with Gasteiger partial charge in [-0.1, -0.05) is 11.6 Å². The summed E-state index contributed by atoms with van der Waals surface area (Å²) in [5, 5.41) is 10.4. The summed E-state index contributed by atoms with van der Waals surface area (Å²) in [6.07, 6.45) is 0.550. The maximum absolute atomic E-state index is 12.8. The second kappa shape index (κ2) is 5.09. The number of hydrogen-bond donors (Lipinski definition) is 2. The van der Waals surface area contributed by atoms with Crippen LogP contribution in [-0.4, -0.2) is 49.0 Å². The normalized spacial score (nSPS) is 25.0. The summed E-state index contributed by atoms with van der Waals surface area (Å²) in [7, 11) is -3.93. The van der Waals surface area contributed by atoms with Crippen LogP contribution in [0.2, 0.25) is 5.02 Å². The van der Waals surface area contributed by atoms with Crippen molar-refractivity contribution in [2.75, 3.05) is 19.7 Å². The van der Waals surface area contributed by atoms with Crippen molar-refractivity contribution in [1.82, 2.24) is 4.31 Å². The molecule has 3 rings (SSSR count). The third-order valence-electron chi connectivity index (χ3n) is 4.00. The van der Waals surface area contributed by atoms with Gasteiger partial charge in [0.1, 0.15) is 10.6 Å². The molecule has 1 aromatic carbocycles. The van der Waals surface area contributed by atoms with Crippen molar-refractivity contribution in [3.05, 3.63) is 22.7 Å². The van der Waals surface area contributed by atoms with Gasteiger partial charge in [-0.25, -0.2) is 8.42 Å². The Kier molecular flexibility index (Phi) is 3.59. The maximum atomic E-state index is 12.8. The monoisotopic (exact) mass is 346 g/mol. The van der Waals surface area contributed by atoms with Gasteiger partial charge in [0, 0.05) is 30.0 Å². The van der Waals surface area contributed by atoms with E-state index in [4.69, 9.17) is 22.1 Å². The number of β-amino-alcohol motifs (C(OH)–C–C–N with tert-alkyl or cyclic N) is 1. The Morgan fingerprint density at radius 1 is 1.45 bits per heavy atom. The van der Waals surface area contributed by atoms with Gasteiger partial charge in [-0.2, -0.15) is 4.31 Å². The number of hydrogen-bond acceptors (Lipinski definition) is 5. The SMILES string of the molecule is NC(=O)C1(O)CCN(S(=O)(=O)c2cc(Cl)cc3c2OCC3)C1. The van der Waals surface area contributed by atoms with Crippen LogP contribution in [0.25, 0.3) is 0 Å². The van der Waals surface area contributed by atoms with Crippen molar-refractivity contribution < 1.29 is 23.1 Å². The second-order valence-corrected chi connectivity index (χ2v) is 7.82. The van der Waals surface area contributed by atoms with Gasteiger partial charge in [0.15, 0.2) is 5.60 Å². The molecule has 1 fully saturated rings. The van der Waals surface area contributed by atoms with Gasteiger partial charge in [-0.05, 0) is 12.1 Å². The molecule has 2 aliphatic heterocycles. The summed E-state index contributed by atoms with van der Waals surface area (Å²) < 4.78 is 32.0. The van der Waals surface area contributed by atoms with E-state index >= 15 is 0 Å². The van der Waals surface area contributed by atoms with Crippen molar-refractivity contribution in [1.29, 1.82) is 0 Å². The molecule has 0 aliphatic carbocycles. The molecule has 0 aromatic heterocycles. The molecule has 2 aliphatic rings. The van der Waals surface area contributed by atoms with Gasteiger partial charge in [-0.3, -0.25) is 4.79 Å². The van der Waals surface area contributed by atoms with Crippen molar-refractivity contribution in [3.63, 3.8) is 0 Å². The van der Waals surface area contributed by atoms with E-state index in [0.29, 0.717) is 23.8 Å². The van der Waals surface area contributed by atoms with Gasteiger partial charge < -0.3 is 15.6 Å². The van der Waals surface area contributed by atoms with Gasteiger partial charge in [-0.15, -0.1) is 0 Å². The zero-order chi connectivity index (χ0) is 16.1. The largest absolute Gasteiger partial charge is 0.492 e. The van der Waals surface area contributed by atoms with Crippen molar-refractivity contribution in [2.24, 2.45) is 5.73 Å². The molecule has 1 atom stereocenters. The highest BCUT2D eigenvalue weighted by Gasteiger charge is 2.46. The molecule has 1 amide bonds. The number of carbonyl (C=O) groups excluding carboxylic acids is 1. The number of sulfonamides is 1. The fraction of sp³-hybridized carbons (Fsp3) is 0.462. The minimum atomic E-state index is -3.93. The summed E-state index contributed by atoms with van der Waals surface area (Å²) in [4.78, 5) is 11.2. The third kappa shape index (κ3) is 2.36. The van der Waals surface area contributed by atoms with Crippen LogP contribution in [0.5, 0.6) is 5.75 Å². The molecular weight excluding hydrogens is 332 g/mol. The van der Waals surface area contributed by atoms with E-state index in [9.17, 15) is 18.3 Å². The molecule has 3 N–H and O–H groups in total. The number of nitrogens with zero attached hydrogens (tertiary/aromatic N) is 1. The predicted molar refractivity (Wildman–Crippen MR) is 78.2 cm³/mol. The highest BCUT2D eigenvalue weighted by atomic mass is 35.5. The Hall–Kier alpha value is -1.35. The molecule has 9 heteroatoms. The van der Waals surface area contributed by atoms with E-state index in [0.717, 1.165) is 9.87 Å². The smallest absolute Gasteiger partial charge is 0.250 e. The van der Waals surface area contributed by atoms with E-state index in [1.807, 2.05) is 0 Å². The molecule has 120 valence electrons. The number of ether oxygens (including phenoxy) is 1. The first-order valence-electron chi connectivity index (χ1n) is 6.72. The lowest BCUT2D eigenvalue weighted by Crippen LogP contribution is -2.46. The van der Waals surface area contributed by atoms with Gasteiger partial charge in [0.2, 0.25) is 10.0 Å². The highest BCUT2D eigenvalue weighted by molar-refractivity contribution is 7.89. The van der Waals surface area contributed by atoms with Crippen LogP contribution in [0.1, 0.15) is 12.0 Å². The molecule has 1 aromatic rings. The van der Waals surface area contributed by atoms with Crippen molar-refractivity contribution >= 4 is 27.5 Å². The molecule has 0 bridgehead atoms. The molecular formula is C13H15ClN2O5S. The molecule has 0 spiro atoms. The van der Waals surface area contributed by atoms with Gasteiger partial charge in [0.05, 0.1) is 13.2 Å². The van der Waals surface area contributed by atoms with E-state index in [1.54, 1.807) is 6.07 Å². The van der Waals surface area contributed by atoms with Crippen LogP contribution < -0.4 is 10.5 Å². The number of aliphatic hydroxyl groups is 1. The van der Waals surface area contributed by atoms with Crippen LogP contribution in [0.3, 0.4) is 0 Å². The number of primary amides is 1. The van der Waals surface area contributed by atoms with E-state index < -0.39 is 21.5 Å². The lowest BCUT2D eigenvalue weighted by atomic mass is 10.0. The number of amides is 1. The zero-order valence-corrected chi connectivity index (χ0v) is 13.2. The summed E-state index contributed by atoms with van der Waals surface area (Å²) in [5.41, 5.74) is 4.03. The minimum Gasteiger partial charge on any atom is -0.492 e. The number of halogens is 1. The maximum Gasteiger partial charge on any atom is 0.250 e. The average Bonchev–Trinajstić information content (AvgIpc) is 3.05.